The second-order valence-corrected chi connectivity index (χ2v) is 5.76. The van der Waals surface area contributed by atoms with Crippen LogP contribution in [0.3, 0.4) is 0 Å². The molecule has 0 aliphatic carbocycles. The molecule has 0 saturated carbocycles. The molecule has 23 heavy (non-hydrogen) atoms. The van der Waals surface area contributed by atoms with Crippen LogP contribution in [0.1, 0.15) is 27.3 Å². The van der Waals surface area contributed by atoms with Crippen molar-refractivity contribution in [2.45, 2.75) is 20.3 Å². The largest absolute Gasteiger partial charge is 0.340 e. The van der Waals surface area contributed by atoms with Crippen molar-refractivity contribution >= 4 is 11.6 Å². The predicted octanol–water partition coefficient (Wildman–Crippen LogP) is 2.66. The van der Waals surface area contributed by atoms with Crippen LogP contribution in [0.4, 0.5) is 0 Å². The number of rotatable bonds is 4. The van der Waals surface area contributed by atoms with Crippen molar-refractivity contribution in [1.29, 1.82) is 0 Å². The number of hydrogen-bond donors (Lipinski definition) is 0. The van der Waals surface area contributed by atoms with Gasteiger partial charge in [-0.1, -0.05) is 6.07 Å². The first-order valence-electron chi connectivity index (χ1n) is 7.66. The highest BCUT2D eigenvalue weighted by Crippen LogP contribution is 2.17. The summed E-state index contributed by atoms with van der Waals surface area (Å²) in [6.45, 7) is 4.54. The third-order valence-corrected chi connectivity index (χ3v) is 4.05. The Labute approximate surface area is 135 Å². The Hall–Kier alpha value is -2.69. The van der Waals surface area contributed by atoms with Gasteiger partial charge in [-0.05, 0) is 49.6 Å². The molecule has 0 unspecified atom stereocenters. The highest BCUT2D eigenvalue weighted by Gasteiger charge is 2.20. The summed E-state index contributed by atoms with van der Waals surface area (Å²) >= 11 is 0. The Morgan fingerprint density at radius 2 is 1.96 bits per heavy atom. The summed E-state index contributed by atoms with van der Waals surface area (Å²) < 4.78 is 1.88. The molecule has 0 N–H and O–H groups in total. The number of pyridine rings is 2. The van der Waals surface area contributed by atoms with E-state index in [-0.39, 0.29) is 5.91 Å². The highest BCUT2D eigenvalue weighted by molar-refractivity contribution is 5.94. The van der Waals surface area contributed by atoms with Gasteiger partial charge in [0.1, 0.15) is 11.3 Å². The van der Waals surface area contributed by atoms with Crippen molar-refractivity contribution in [2.24, 2.45) is 0 Å². The van der Waals surface area contributed by atoms with Crippen LogP contribution < -0.4 is 0 Å². The number of carbonyl (C=O) groups is 1. The summed E-state index contributed by atoms with van der Waals surface area (Å²) in [6, 6.07) is 7.89. The van der Waals surface area contributed by atoms with Crippen molar-refractivity contribution in [3.05, 3.63) is 65.4 Å². The maximum atomic E-state index is 12.8. The topological polar surface area (TPSA) is 50.5 Å². The molecule has 3 heterocycles. The van der Waals surface area contributed by atoms with E-state index in [9.17, 15) is 4.79 Å². The monoisotopic (exact) mass is 308 g/mol. The third kappa shape index (κ3) is 2.95. The fourth-order valence-corrected chi connectivity index (χ4v) is 2.70. The summed E-state index contributed by atoms with van der Waals surface area (Å²) in [5, 5.41) is 0. The fraction of sp³-hybridized carbons (Fsp3) is 0.278. The molecule has 118 valence electrons. The van der Waals surface area contributed by atoms with Crippen LogP contribution in [0.25, 0.3) is 5.65 Å². The quantitative estimate of drug-likeness (QED) is 0.744. The summed E-state index contributed by atoms with van der Waals surface area (Å²) in [6.07, 6.45) is 6.24. The van der Waals surface area contributed by atoms with Gasteiger partial charge in [0.25, 0.3) is 5.91 Å². The van der Waals surface area contributed by atoms with Crippen molar-refractivity contribution < 1.29 is 4.79 Å². The maximum absolute atomic E-state index is 12.8. The number of carbonyl (C=O) groups excluding carboxylic acids is 1. The van der Waals surface area contributed by atoms with Gasteiger partial charge in [-0.3, -0.25) is 14.2 Å². The fourth-order valence-electron chi connectivity index (χ4n) is 2.70. The lowest BCUT2D eigenvalue weighted by Crippen LogP contribution is -2.30. The molecular formula is C18H20N4O. The van der Waals surface area contributed by atoms with E-state index in [1.54, 1.807) is 17.3 Å². The summed E-state index contributed by atoms with van der Waals surface area (Å²) in [5.41, 5.74) is 4.48. The van der Waals surface area contributed by atoms with Gasteiger partial charge in [-0.2, -0.15) is 0 Å². The van der Waals surface area contributed by atoms with Gasteiger partial charge in [0.15, 0.2) is 0 Å². The van der Waals surface area contributed by atoms with Crippen LogP contribution in [0, 0.1) is 13.8 Å². The first-order valence-corrected chi connectivity index (χ1v) is 7.66. The van der Waals surface area contributed by atoms with E-state index in [0.29, 0.717) is 12.2 Å². The van der Waals surface area contributed by atoms with Gasteiger partial charge in [-0.25, -0.2) is 4.98 Å². The minimum absolute atomic E-state index is 0.00495. The molecule has 1 amide bonds. The number of imidazole rings is 1. The molecule has 5 nitrogen and oxygen atoms in total. The number of aromatic nitrogens is 3. The number of aryl methyl sites for hydroxylation is 2. The van der Waals surface area contributed by atoms with Crippen molar-refractivity contribution in [2.75, 3.05) is 13.6 Å². The molecule has 0 aromatic carbocycles. The molecule has 0 fully saturated rings. The molecule has 0 bridgehead atoms. The van der Waals surface area contributed by atoms with Crippen molar-refractivity contribution in [3.8, 4) is 0 Å². The Bertz CT molecular complexity index is 839. The molecule has 3 aromatic heterocycles. The summed E-state index contributed by atoms with van der Waals surface area (Å²) in [4.78, 5) is 23.1. The molecule has 0 aliphatic rings. The second kappa shape index (κ2) is 6.20. The van der Waals surface area contributed by atoms with Gasteiger partial charge >= 0.3 is 0 Å². The van der Waals surface area contributed by atoms with E-state index < -0.39 is 0 Å². The standard InChI is InChI=1S/C18H20N4O/c1-13-5-4-11-22-16(14(2)20-17(13)22)18(23)21(3)12-8-15-6-9-19-10-7-15/h4-7,9-11H,8,12H2,1-3H3. The molecule has 0 aliphatic heterocycles. The van der Waals surface area contributed by atoms with Gasteiger partial charge in [0, 0.05) is 32.2 Å². The van der Waals surface area contributed by atoms with E-state index in [2.05, 4.69) is 9.97 Å². The number of nitrogens with zero attached hydrogens (tertiary/aromatic N) is 4. The van der Waals surface area contributed by atoms with Crippen LogP contribution in [0.15, 0.2) is 42.9 Å². The van der Waals surface area contributed by atoms with Crippen LogP contribution in [-0.2, 0) is 6.42 Å². The highest BCUT2D eigenvalue weighted by atomic mass is 16.2. The first kappa shape index (κ1) is 15.2. The van der Waals surface area contributed by atoms with E-state index >= 15 is 0 Å². The zero-order valence-electron chi connectivity index (χ0n) is 13.7. The van der Waals surface area contributed by atoms with E-state index in [4.69, 9.17) is 0 Å². The smallest absolute Gasteiger partial charge is 0.272 e. The van der Waals surface area contributed by atoms with E-state index in [0.717, 1.165) is 23.3 Å². The summed E-state index contributed by atoms with van der Waals surface area (Å²) in [5.74, 6) is -0.00495. The molecular weight excluding hydrogens is 288 g/mol. The maximum Gasteiger partial charge on any atom is 0.272 e. The Kier molecular flexibility index (Phi) is 4.10. The molecule has 0 atom stereocenters. The second-order valence-electron chi connectivity index (χ2n) is 5.76. The van der Waals surface area contributed by atoms with Crippen LogP contribution in [-0.4, -0.2) is 38.8 Å². The first-order chi connectivity index (χ1) is 11.1. The Balaban J connectivity index is 1.82. The number of hydrogen-bond acceptors (Lipinski definition) is 3. The molecule has 0 radical (unpaired) electrons. The average Bonchev–Trinajstić information content (AvgIpc) is 2.90. The molecule has 0 spiro atoms. The minimum atomic E-state index is -0.00495. The van der Waals surface area contributed by atoms with Gasteiger partial charge in [0.2, 0.25) is 0 Å². The van der Waals surface area contributed by atoms with Crippen molar-refractivity contribution in [1.82, 2.24) is 19.3 Å². The predicted molar refractivity (Wildman–Crippen MR) is 89.6 cm³/mol. The van der Waals surface area contributed by atoms with Gasteiger partial charge < -0.3 is 4.90 Å². The van der Waals surface area contributed by atoms with Gasteiger partial charge in [0.05, 0.1) is 5.69 Å². The lowest BCUT2D eigenvalue weighted by molar-refractivity contribution is 0.0789. The van der Waals surface area contributed by atoms with Crippen molar-refractivity contribution in [3.63, 3.8) is 0 Å². The van der Waals surface area contributed by atoms with Crippen LogP contribution >= 0.6 is 0 Å². The zero-order chi connectivity index (χ0) is 16.4. The molecule has 3 aromatic rings. The molecule has 3 rings (SSSR count). The lowest BCUT2D eigenvalue weighted by atomic mass is 10.2. The molecule has 0 saturated heterocycles. The van der Waals surface area contributed by atoms with Crippen LogP contribution in [0.2, 0.25) is 0 Å². The normalized spacial score (nSPS) is 10.9. The lowest BCUT2D eigenvalue weighted by Gasteiger charge is -2.17. The van der Waals surface area contributed by atoms with E-state index in [1.165, 1.54) is 5.56 Å². The molecule has 5 heteroatoms. The third-order valence-electron chi connectivity index (χ3n) is 4.05. The summed E-state index contributed by atoms with van der Waals surface area (Å²) in [7, 11) is 1.83. The average molecular weight is 308 g/mol. The van der Waals surface area contributed by atoms with Gasteiger partial charge in [-0.15, -0.1) is 0 Å². The zero-order valence-corrected chi connectivity index (χ0v) is 13.7. The number of likely N-dealkylation sites (N-methyl/N-ethyl adjacent to an activating group) is 1. The van der Waals surface area contributed by atoms with Crippen LogP contribution in [0.5, 0.6) is 0 Å². The number of amides is 1. The SMILES string of the molecule is Cc1nc2c(C)cccn2c1C(=O)N(C)CCc1ccncc1. The Morgan fingerprint density at radius 1 is 1.22 bits per heavy atom. The Morgan fingerprint density at radius 3 is 2.70 bits per heavy atom. The minimum Gasteiger partial charge on any atom is -0.340 e. The van der Waals surface area contributed by atoms with E-state index in [1.807, 2.05) is 55.8 Å². The number of fused-ring (bicyclic) bond motifs is 1.